The van der Waals surface area contributed by atoms with Crippen molar-refractivity contribution in [3.8, 4) is 11.5 Å². The third kappa shape index (κ3) is 5.47. The summed E-state index contributed by atoms with van der Waals surface area (Å²) in [7, 11) is 0. The molecule has 0 unspecified atom stereocenters. The van der Waals surface area contributed by atoms with Crippen LogP contribution in [0.4, 0.5) is 0 Å². The molecular weight excluding hydrogens is 170 g/mol. The van der Waals surface area contributed by atoms with Crippen molar-refractivity contribution in [2.45, 2.75) is 6.92 Å². The van der Waals surface area contributed by atoms with Crippen LogP contribution in [0.3, 0.4) is 0 Å². The Morgan fingerprint density at radius 2 is 1.92 bits per heavy atom. The zero-order valence-electron chi connectivity index (χ0n) is 7.28. The van der Waals surface area contributed by atoms with Crippen molar-refractivity contribution >= 4 is 6.08 Å². The number of benzene rings is 1. The van der Waals surface area contributed by atoms with E-state index in [0.717, 1.165) is 11.8 Å². The van der Waals surface area contributed by atoms with Crippen molar-refractivity contribution in [2.75, 3.05) is 6.61 Å². The first-order valence-corrected chi connectivity index (χ1v) is 3.70. The molecule has 0 amide bonds. The summed E-state index contributed by atoms with van der Waals surface area (Å²) in [6, 6.07) is 6.67. The first kappa shape index (κ1) is 11.2. The largest absolute Gasteiger partial charge is 0.508 e. The van der Waals surface area contributed by atoms with Crippen LogP contribution >= 0.6 is 0 Å². The lowest BCUT2D eigenvalue weighted by Crippen LogP contribution is -1.89. The SMILES string of the molecule is CCOc1ccc(O)cc1.N=C=O. The molecule has 0 atom stereocenters. The van der Waals surface area contributed by atoms with E-state index in [4.69, 9.17) is 20.0 Å². The summed E-state index contributed by atoms with van der Waals surface area (Å²) < 4.78 is 5.15. The van der Waals surface area contributed by atoms with Gasteiger partial charge in [-0.2, -0.15) is 0 Å². The number of rotatable bonds is 2. The zero-order valence-corrected chi connectivity index (χ0v) is 7.28. The molecule has 4 heteroatoms. The molecule has 0 heterocycles. The molecule has 13 heavy (non-hydrogen) atoms. The lowest BCUT2D eigenvalue weighted by atomic mass is 10.3. The van der Waals surface area contributed by atoms with Crippen LogP contribution in [0.5, 0.6) is 11.5 Å². The van der Waals surface area contributed by atoms with Gasteiger partial charge in [-0.25, -0.2) is 10.2 Å². The summed E-state index contributed by atoms with van der Waals surface area (Å²) in [6.45, 7) is 2.58. The summed E-state index contributed by atoms with van der Waals surface area (Å²) in [4.78, 5) is 8.35. The molecule has 0 bridgehead atoms. The number of hydrogen-bond donors (Lipinski definition) is 2. The summed E-state index contributed by atoms with van der Waals surface area (Å²) in [5, 5.41) is 14.3. The van der Waals surface area contributed by atoms with Crippen molar-refractivity contribution in [3.05, 3.63) is 24.3 Å². The number of hydrogen-bond acceptors (Lipinski definition) is 4. The van der Waals surface area contributed by atoms with E-state index < -0.39 is 0 Å². The fraction of sp³-hybridized carbons (Fsp3) is 0.222. The maximum atomic E-state index is 8.87. The summed E-state index contributed by atoms with van der Waals surface area (Å²) in [5.41, 5.74) is 0. The molecule has 0 saturated carbocycles. The standard InChI is InChI=1S/C8H10O2.CHNO/c1-2-10-8-5-3-7(9)4-6-8;2-1-3/h3-6,9H,2H2,1H3;2H. The van der Waals surface area contributed by atoms with Crippen LogP contribution in [-0.2, 0) is 4.79 Å². The van der Waals surface area contributed by atoms with Crippen LogP contribution in [0.15, 0.2) is 24.3 Å². The van der Waals surface area contributed by atoms with Crippen LogP contribution in [-0.4, -0.2) is 17.8 Å². The Morgan fingerprint density at radius 3 is 2.31 bits per heavy atom. The fourth-order valence-electron chi connectivity index (χ4n) is 0.709. The van der Waals surface area contributed by atoms with Gasteiger partial charge < -0.3 is 9.84 Å². The van der Waals surface area contributed by atoms with Crippen LogP contribution in [0, 0.1) is 5.41 Å². The third-order valence-electron chi connectivity index (χ3n) is 1.15. The average molecular weight is 181 g/mol. The molecule has 2 N–H and O–H groups in total. The van der Waals surface area contributed by atoms with Gasteiger partial charge in [-0.1, -0.05) is 0 Å². The second-order valence-corrected chi connectivity index (χ2v) is 2.03. The third-order valence-corrected chi connectivity index (χ3v) is 1.15. The lowest BCUT2D eigenvalue weighted by molar-refractivity contribution is 0.339. The highest BCUT2D eigenvalue weighted by Crippen LogP contribution is 2.15. The minimum Gasteiger partial charge on any atom is -0.508 e. The monoisotopic (exact) mass is 181 g/mol. The number of ether oxygens (including phenoxy) is 1. The van der Waals surface area contributed by atoms with Crippen molar-refractivity contribution in [1.82, 2.24) is 0 Å². The highest BCUT2D eigenvalue weighted by Gasteiger charge is 1.89. The van der Waals surface area contributed by atoms with E-state index in [-0.39, 0.29) is 5.75 Å². The maximum Gasteiger partial charge on any atom is 0.231 e. The first-order chi connectivity index (χ1) is 6.24. The molecule has 0 radical (unpaired) electrons. The van der Waals surface area contributed by atoms with Crippen molar-refractivity contribution in [1.29, 1.82) is 5.41 Å². The van der Waals surface area contributed by atoms with Gasteiger partial charge in [0, 0.05) is 0 Å². The number of phenols is 1. The Labute approximate surface area is 76.3 Å². The molecule has 0 saturated heterocycles. The zero-order chi connectivity index (χ0) is 10.1. The second kappa shape index (κ2) is 6.88. The maximum absolute atomic E-state index is 8.87. The molecule has 0 aliphatic carbocycles. The number of nitrogens with one attached hydrogen (secondary N) is 1. The van der Waals surface area contributed by atoms with E-state index in [0.29, 0.717) is 6.61 Å². The van der Waals surface area contributed by atoms with Crippen LogP contribution in [0.1, 0.15) is 6.92 Å². The minimum atomic E-state index is 0.267. The minimum absolute atomic E-state index is 0.267. The molecule has 1 aromatic rings. The van der Waals surface area contributed by atoms with Crippen LogP contribution < -0.4 is 4.74 Å². The molecule has 0 spiro atoms. The van der Waals surface area contributed by atoms with Gasteiger partial charge in [-0.3, -0.25) is 0 Å². The van der Waals surface area contributed by atoms with Crippen LogP contribution in [0.25, 0.3) is 0 Å². The first-order valence-electron chi connectivity index (χ1n) is 3.70. The van der Waals surface area contributed by atoms with E-state index in [1.165, 1.54) is 0 Å². The summed E-state index contributed by atoms with van der Waals surface area (Å²) >= 11 is 0. The molecule has 0 aliphatic rings. The predicted octanol–water partition coefficient (Wildman–Crippen LogP) is 1.69. The predicted molar refractivity (Wildman–Crippen MR) is 47.7 cm³/mol. The smallest absolute Gasteiger partial charge is 0.231 e. The van der Waals surface area contributed by atoms with Gasteiger partial charge >= 0.3 is 0 Å². The van der Waals surface area contributed by atoms with Gasteiger partial charge in [0.25, 0.3) is 0 Å². The van der Waals surface area contributed by atoms with Gasteiger partial charge in [0.15, 0.2) is 0 Å². The number of isocyanates is 1. The molecule has 1 rings (SSSR count). The van der Waals surface area contributed by atoms with Crippen molar-refractivity contribution in [3.63, 3.8) is 0 Å². The Bertz CT molecular complexity index is 263. The quantitative estimate of drug-likeness (QED) is 0.538. The normalized spacial score (nSPS) is 7.77. The highest BCUT2D eigenvalue weighted by molar-refractivity contribution is 5.29. The van der Waals surface area contributed by atoms with Crippen molar-refractivity contribution < 1.29 is 14.6 Å². The number of aromatic hydroxyl groups is 1. The molecule has 1 aromatic carbocycles. The molecule has 0 aromatic heterocycles. The molecule has 0 fully saturated rings. The van der Waals surface area contributed by atoms with E-state index >= 15 is 0 Å². The fourth-order valence-corrected chi connectivity index (χ4v) is 0.709. The van der Waals surface area contributed by atoms with Crippen molar-refractivity contribution in [2.24, 2.45) is 0 Å². The Balaban J connectivity index is 0.000000424. The molecular formula is C9H11NO3. The Hall–Kier alpha value is -1.80. The molecule has 4 nitrogen and oxygen atoms in total. The molecule has 0 aliphatic heterocycles. The highest BCUT2D eigenvalue weighted by atomic mass is 16.5. The van der Waals surface area contributed by atoms with E-state index in [1.807, 2.05) is 6.92 Å². The Morgan fingerprint density at radius 1 is 1.46 bits per heavy atom. The Kier molecular flexibility index (Phi) is 5.93. The second-order valence-electron chi connectivity index (χ2n) is 2.03. The molecule has 70 valence electrons. The van der Waals surface area contributed by atoms with E-state index in [2.05, 4.69) is 0 Å². The van der Waals surface area contributed by atoms with Gasteiger partial charge in [-0.05, 0) is 31.2 Å². The van der Waals surface area contributed by atoms with Gasteiger partial charge in [0.05, 0.1) is 6.61 Å². The van der Waals surface area contributed by atoms with E-state index in [1.54, 1.807) is 24.3 Å². The number of carbonyl (C=O) groups excluding carboxylic acids is 1. The summed E-state index contributed by atoms with van der Waals surface area (Å²) in [6.07, 6.45) is 0.750. The van der Waals surface area contributed by atoms with Gasteiger partial charge in [0.2, 0.25) is 6.08 Å². The van der Waals surface area contributed by atoms with E-state index in [9.17, 15) is 0 Å². The number of phenolic OH excluding ortho intramolecular Hbond substituents is 1. The van der Waals surface area contributed by atoms with Crippen LogP contribution in [0.2, 0.25) is 0 Å². The average Bonchev–Trinajstić information content (AvgIpc) is 2.11. The summed E-state index contributed by atoms with van der Waals surface area (Å²) in [5.74, 6) is 1.06. The lowest BCUT2D eigenvalue weighted by Gasteiger charge is -2.00. The topological polar surface area (TPSA) is 70.4 Å². The van der Waals surface area contributed by atoms with Gasteiger partial charge in [0.1, 0.15) is 11.5 Å². The van der Waals surface area contributed by atoms with Gasteiger partial charge in [-0.15, -0.1) is 0 Å².